The van der Waals surface area contributed by atoms with Crippen LogP contribution < -0.4 is 0 Å². The van der Waals surface area contributed by atoms with Crippen LogP contribution in [-0.2, 0) is 6.54 Å². The average molecular weight is 134 g/mol. The van der Waals surface area contributed by atoms with E-state index < -0.39 is 0 Å². The number of fused-ring (bicyclic) bond motifs is 3. The molecule has 1 saturated carbocycles. The number of imidazole rings is 1. The lowest BCUT2D eigenvalue weighted by Crippen LogP contribution is -1.98. The molecule has 1 aliphatic heterocycles. The third-order valence-corrected chi connectivity index (χ3v) is 3.02. The summed E-state index contributed by atoms with van der Waals surface area (Å²) in [6, 6.07) is 0. The van der Waals surface area contributed by atoms with Crippen molar-refractivity contribution in [3.8, 4) is 0 Å². The molecule has 3 atom stereocenters. The average Bonchev–Trinajstić information content (AvgIpc) is 2.27. The molecule has 0 amide bonds. The van der Waals surface area contributed by atoms with Crippen LogP contribution in [-0.4, -0.2) is 9.55 Å². The van der Waals surface area contributed by atoms with E-state index in [0.717, 1.165) is 17.8 Å². The molecule has 2 heterocycles. The molecule has 3 rings (SSSR count). The summed E-state index contributed by atoms with van der Waals surface area (Å²) in [5, 5.41) is 0. The van der Waals surface area contributed by atoms with Gasteiger partial charge in [-0.2, -0.15) is 0 Å². The Balaban J connectivity index is 2.14. The second-order valence-corrected chi connectivity index (χ2v) is 3.49. The Kier molecular flexibility index (Phi) is 0.636. The highest BCUT2D eigenvalue weighted by molar-refractivity contribution is 5.21. The van der Waals surface area contributed by atoms with Crippen molar-refractivity contribution in [1.29, 1.82) is 0 Å². The van der Waals surface area contributed by atoms with E-state index in [9.17, 15) is 0 Å². The number of hydrogen-bond acceptors (Lipinski definition) is 1. The molecule has 3 unspecified atom stereocenters. The first kappa shape index (κ1) is 4.94. The molecule has 0 saturated heterocycles. The Morgan fingerprint density at radius 1 is 1.70 bits per heavy atom. The van der Waals surface area contributed by atoms with Crippen LogP contribution in [0.25, 0.3) is 0 Å². The highest BCUT2D eigenvalue weighted by Crippen LogP contribution is 2.57. The minimum atomic E-state index is 0.815. The van der Waals surface area contributed by atoms with Gasteiger partial charge in [0, 0.05) is 24.9 Å². The largest absolute Gasteiger partial charge is 0.334 e. The van der Waals surface area contributed by atoms with Crippen molar-refractivity contribution in [2.75, 3.05) is 0 Å². The molecule has 2 heteroatoms. The summed E-state index contributed by atoms with van der Waals surface area (Å²) in [4.78, 5) is 4.33. The second-order valence-electron chi connectivity index (χ2n) is 3.49. The summed E-state index contributed by atoms with van der Waals surface area (Å²) in [5.74, 6) is 3.99. The Hall–Kier alpha value is -0.790. The Bertz CT molecular complexity index is 277. The van der Waals surface area contributed by atoms with Gasteiger partial charge in [0.1, 0.15) is 5.82 Å². The van der Waals surface area contributed by atoms with Crippen molar-refractivity contribution >= 4 is 0 Å². The molecule has 0 bridgehead atoms. The van der Waals surface area contributed by atoms with Gasteiger partial charge in [-0.3, -0.25) is 0 Å². The van der Waals surface area contributed by atoms with Crippen molar-refractivity contribution in [3.05, 3.63) is 18.2 Å². The van der Waals surface area contributed by atoms with Gasteiger partial charge < -0.3 is 4.57 Å². The zero-order chi connectivity index (χ0) is 6.72. The summed E-state index contributed by atoms with van der Waals surface area (Å²) in [5.41, 5.74) is 0. The number of aromatic nitrogens is 2. The predicted molar refractivity (Wildman–Crippen MR) is 37.6 cm³/mol. The van der Waals surface area contributed by atoms with Crippen molar-refractivity contribution < 1.29 is 0 Å². The number of rotatable bonds is 0. The summed E-state index contributed by atoms with van der Waals surface area (Å²) < 4.78 is 2.29. The number of hydrogen-bond donors (Lipinski definition) is 0. The molecule has 52 valence electrons. The first-order chi connectivity index (χ1) is 4.88. The van der Waals surface area contributed by atoms with Gasteiger partial charge >= 0.3 is 0 Å². The van der Waals surface area contributed by atoms with E-state index >= 15 is 0 Å². The zero-order valence-corrected chi connectivity index (χ0v) is 5.99. The van der Waals surface area contributed by atoms with Crippen LogP contribution in [0.4, 0.5) is 0 Å². The van der Waals surface area contributed by atoms with Crippen LogP contribution in [0.3, 0.4) is 0 Å². The van der Waals surface area contributed by atoms with Gasteiger partial charge in [-0.05, 0) is 11.8 Å². The summed E-state index contributed by atoms with van der Waals surface area (Å²) in [7, 11) is 0. The molecule has 0 radical (unpaired) electrons. The normalized spacial score (nSPS) is 41.1. The Morgan fingerprint density at radius 2 is 2.60 bits per heavy atom. The third-order valence-electron chi connectivity index (χ3n) is 3.02. The first-order valence-corrected chi connectivity index (χ1v) is 3.89. The maximum Gasteiger partial charge on any atom is 0.112 e. The molecule has 1 fully saturated rings. The lowest BCUT2D eigenvalue weighted by atomic mass is 10.3. The molecule has 2 nitrogen and oxygen atoms in total. The lowest BCUT2D eigenvalue weighted by Gasteiger charge is -1.99. The van der Waals surface area contributed by atoms with Gasteiger partial charge in [-0.25, -0.2) is 4.98 Å². The van der Waals surface area contributed by atoms with Crippen molar-refractivity contribution in [3.63, 3.8) is 0 Å². The van der Waals surface area contributed by atoms with Gasteiger partial charge in [0.2, 0.25) is 0 Å². The highest BCUT2D eigenvalue weighted by Gasteiger charge is 2.54. The standard InChI is InChI=1S/C8H10N2/c1-5-6-4-10-3-2-9-8(10)7(5)6/h2-3,5-7H,4H2,1H3. The van der Waals surface area contributed by atoms with Crippen molar-refractivity contribution in [2.24, 2.45) is 11.8 Å². The predicted octanol–water partition coefficient (Wildman–Crippen LogP) is 1.25. The lowest BCUT2D eigenvalue weighted by molar-refractivity contribution is 0.607. The van der Waals surface area contributed by atoms with Gasteiger partial charge in [0.15, 0.2) is 0 Å². The maximum absolute atomic E-state index is 4.33. The molecular formula is C8H10N2. The minimum Gasteiger partial charge on any atom is -0.334 e. The first-order valence-electron chi connectivity index (χ1n) is 3.89. The summed E-state index contributed by atoms with van der Waals surface area (Å²) >= 11 is 0. The van der Waals surface area contributed by atoms with Gasteiger partial charge in [-0.15, -0.1) is 0 Å². The Morgan fingerprint density at radius 3 is 3.50 bits per heavy atom. The third kappa shape index (κ3) is 0.376. The number of nitrogens with zero attached hydrogens (tertiary/aromatic N) is 2. The molecule has 10 heavy (non-hydrogen) atoms. The van der Waals surface area contributed by atoms with Gasteiger partial charge in [-0.1, -0.05) is 6.92 Å². The maximum atomic E-state index is 4.33. The molecule has 0 N–H and O–H groups in total. The fourth-order valence-electron chi connectivity index (χ4n) is 2.25. The van der Waals surface area contributed by atoms with E-state index in [-0.39, 0.29) is 0 Å². The van der Waals surface area contributed by atoms with Gasteiger partial charge in [0.25, 0.3) is 0 Å². The second kappa shape index (κ2) is 1.29. The topological polar surface area (TPSA) is 17.8 Å². The van der Waals surface area contributed by atoms with Crippen molar-refractivity contribution in [1.82, 2.24) is 9.55 Å². The Labute approximate surface area is 59.9 Å². The van der Waals surface area contributed by atoms with E-state index in [4.69, 9.17) is 0 Å². The van der Waals surface area contributed by atoms with E-state index in [2.05, 4.69) is 22.7 Å². The molecule has 1 aliphatic carbocycles. The van der Waals surface area contributed by atoms with Crippen molar-refractivity contribution in [2.45, 2.75) is 19.4 Å². The summed E-state index contributed by atoms with van der Waals surface area (Å²) in [6.07, 6.45) is 4.00. The highest BCUT2D eigenvalue weighted by atomic mass is 15.1. The van der Waals surface area contributed by atoms with Crippen LogP contribution in [0.15, 0.2) is 12.4 Å². The smallest absolute Gasteiger partial charge is 0.112 e. The monoisotopic (exact) mass is 134 g/mol. The minimum absolute atomic E-state index is 0.815. The van der Waals surface area contributed by atoms with E-state index in [0.29, 0.717) is 0 Å². The fourth-order valence-corrected chi connectivity index (χ4v) is 2.25. The molecule has 0 aromatic carbocycles. The molecular weight excluding hydrogens is 124 g/mol. The van der Waals surface area contributed by atoms with Crippen LogP contribution >= 0.6 is 0 Å². The molecule has 2 aliphatic rings. The van der Waals surface area contributed by atoms with E-state index in [1.54, 1.807) is 0 Å². The zero-order valence-electron chi connectivity index (χ0n) is 5.99. The fraction of sp³-hybridized carbons (Fsp3) is 0.625. The van der Waals surface area contributed by atoms with E-state index in [1.807, 2.05) is 6.20 Å². The van der Waals surface area contributed by atoms with Crippen LogP contribution in [0.2, 0.25) is 0 Å². The van der Waals surface area contributed by atoms with Gasteiger partial charge in [0.05, 0.1) is 0 Å². The van der Waals surface area contributed by atoms with E-state index in [1.165, 1.54) is 12.4 Å². The quantitative estimate of drug-likeness (QED) is 0.522. The molecule has 0 spiro atoms. The van der Waals surface area contributed by atoms with Crippen LogP contribution in [0, 0.1) is 11.8 Å². The summed E-state index contributed by atoms with van der Waals surface area (Å²) in [6.45, 7) is 3.55. The SMILES string of the molecule is CC1C2Cn3ccnc3C12. The van der Waals surface area contributed by atoms with Crippen LogP contribution in [0.5, 0.6) is 0 Å². The van der Waals surface area contributed by atoms with Crippen LogP contribution in [0.1, 0.15) is 18.7 Å². The molecule has 1 aromatic heterocycles. The molecule has 1 aromatic rings.